The third kappa shape index (κ3) is 12.3. The molecule has 0 aromatic heterocycles. The molecule has 3 unspecified atom stereocenters. The Labute approximate surface area is 373 Å². The molecule has 0 aliphatic carbocycles. The number of nitrogens with zero attached hydrogens (tertiary/aromatic N) is 2. The number of carbonyl (C=O) groups is 2. The summed E-state index contributed by atoms with van der Waals surface area (Å²) in [6.45, 7) is 16.5. The summed E-state index contributed by atoms with van der Waals surface area (Å²) in [5, 5.41) is 0. The molecule has 6 rings (SSSR count). The van der Waals surface area contributed by atoms with E-state index in [2.05, 4.69) is 53.7 Å². The van der Waals surface area contributed by atoms with Crippen molar-refractivity contribution in [1.82, 2.24) is 4.90 Å². The van der Waals surface area contributed by atoms with E-state index in [-0.39, 0.29) is 44.0 Å². The summed E-state index contributed by atoms with van der Waals surface area (Å²) in [5.41, 5.74) is 5.12. The highest BCUT2D eigenvalue weighted by molar-refractivity contribution is 6.77. The second kappa shape index (κ2) is 22.7. The molecule has 3 atom stereocenters. The Bertz CT molecular complexity index is 2050. The molecule has 340 valence electrons. The van der Waals surface area contributed by atoms with Crippen molar-refractivity contribution in [1.29, 1.82) is 0 Å². The van der Waals surface area contributed by atoms with Gasteiger partial charge in [-0.2, -0.15) is 0 Å². The van der Waals surface area contributed by atoms with E-state index in [0.29, 0.717) is 79.7 Å². The zero-order chi connectivity index (χ0) is 44.9. The molecule has 4 aromatic rings. The van der Waals surface area contributed by atoms with E-state index in [1.165, 1.54) is 12.1 Å². The van der Waals surface area contributed by atoms with Gasteiger partial charge in [-0.05, 0) is 81.7 Å². The highest BCUT2D eigenvalue weighted by atomic mass is 28.4. The van der Waals surface area contributed by atoms with E-state index < -0.39 is 26.6 Å². The molecule has 2 heterocycles. The van der Waals surface area contributed by atoms with E-state index in [1.54, 1.807) is 23.0 Å². The van der Waals surface area contributed by atoms with Crippen LogP contribution in [0.1, 0.15) is 76.1 Å². The fraction of sp³-hybridized carbons (Fsp3) is 0.480. The molecule has 0 radical (unpaired) electrons. The molecule has 13 heteroatoms. The summed E-state index contributed by atoms with van der Waals surface area (Å²) in [7, 11) is -0.854. The number of hydrogen-bond acceptors (Lipinski definition) is 9. The first kappa shape index (κ1) is 47.7. The highest BCUT2D eigenvalue weighted by Gasteiger charge is 2.51. The van der Waals surface area contributed by atoms with Gasteiger partial charge in [0.15, 0.2) is 6.61 Å². The van der Waals surface area contributed by atoms with Crippen LogP contribution in [-0.4, -0.2) is 90.6 Å². The first-order chi connectivity index (χ1) is 30.4. The van der Waals surface area contributed by atoms with Gasteiger partial charge in [0, 0.05) is 32.7 Å². The van der Waals surface area contributed by atoms with Gasteiger partial charge >= 0.3 is 6.09 Å². The molecule has 0 spiro atoms. The number of ether oxygens (including phenoxy) is 6. The predicted octanol–water partition coefficient (Wildman–Crippen LogP) is 10.1. The minimum atomic E-state index is -2.50. The highest BCUT2D eigenvalue weighted by Crippen LogP contribution is 2.46. The molecule has 0 bridgehead atoms. The van der Waals surface area contributed by atoms with Crippen molar-refractivity contribution in [2.24, 2.45) is 0 Å². The molecule has 0 saturated carbocycles. The lowest BCUT2D eigenvalue weighted by Gasteiger charge is -2.50. The summed E-state index contributed by atoms with van der Waals surface area (Å²) in [5.74, 6) is 0.666. The number of rotatable bonds is 21. The van der Waals surface area contributed by atoms with Crippen LogP contribution in [0.5, 0.6) is 11.5 Å². The molecule has 11 nitrogen and oxygen atoms in total. The van der Waals surface area contributed by atoms with Gasteiger partial charge in [-0.15, -0.1) is 0 Å². The van der Waals surface area contributed by atoms with Crippen molar-refractivity contribution >= 4 is 26.0 Å². The Hall–Kier alpha value is -4.79. The number of benzene rings is 4. The molecule has 1 fully saturated rings. The number of likely N-dealkylation sites (tertiary alicyclic amines) is 1. The minimum Gasteiger partial charge on any atom is -0.491 e. The molecule has 63 heavy (non-hydrogen) atoms. The molecule has 1 saturated heterocycles. The van der Waals surface area contributed by atoms with E-state index in [1.807, 2.05) is 66.7 Å². The van der Waals surface area contributed by atoms with Gasteiger partial charge in [0.25, 0.3) is 5.91 Å². The summed E-state index contributed by atoms with van der Waals surface area (Å²) < 4.78 is 57.1. The molecule has 2 aliphatic heterocycles. The average Bonchev–Trinajstić information content (AvgIpc) is 3.27. The smallest absolute Gasteiger partial charge is 0.410 e. The zero-order valence-electron chi connectivity index (χ0n) is 37.9. The van der Waals surface area contributed by atoms with Crippen molar-refractivity contribution in [2.45, 2.75) is 103 Å². The number of carbonyl (C=O) groups excluding carboxylic acids is 2. The van der Waals surface area contributed by atoms with Gasteiger partial charge in [0.1, 0.15) is 30.5 Å². The first-order valence-electron chi connectivity index (χ1n) is 22.2. The van der Waals surface area contributed by atoms with Crippen LogP contribution in [0.15, 0.2) is 97.1 Å². The lowest BCUT2D eigenvalue weighted by molar-refractivity contribution is -0.121. The number of amides is 2. The monoisotopic (exact) mass is 884 g/mol. The fourth-order valence-electron chi connectivity index (χ4n) is 9.28. The van der Waals surface area contributed by atoms with Crippen LogP contribution < -0.4 is 14.4 Å². The predicted molar refractivity (Wildman–Crippen MR) is 244 cm³/mol. The molecule has 2 amide bonds. The number of anilines is 1. The van der Waals surface area contributed by atoms with Crippen LogP contribution in [0.3, 0.4) is 0 Å². The zero-order valence-corrected chi connectivity index (χ0v) is 38.9. The Kier molecular flexibility index (Phi) is 17.2. The van der Waals surface area contributed by atoms with Crippen molar-refractivity contribution in [3.63, 3.8) is 0 Å². The standard InChI is InChI=1S/C50H65FN2O9Si/c1-35(2)63(36(3)4,37(5)6)62-47-30-52(50(55)61-32-38-13-9-8-10-14-38)29-46(59-33-40-17-22-45-44(28-40)53(23-12-24-56-7)48(54)34-60-45)49(47)41-18-20-43(21-19-41)58-26-25-57-31-39-15-11-16-42(51)27-39/h8-11,13-22,27-28,35-37,46-47,49H,12,23-26,29-34H2,1-7H3. The van der Waals surface area contributed by atoms with Gasteiger partial charge in [0.2, 0.25) is 8.32 Å². The Morgan fingerprint density at radius 2 is 1.48 bits per heavy atom. The Morgan fingerprint density at radius 3 is 2.17 bits per heavy atom. The molecular weight excluding hydrogens is 820 g/mol. The third-order valence-electron chi connectivity index (χ3n) is 12.2. The van der Waals surface area contributed by atoms with E-state index in [9.17, 15) is 14.0 Å². The molecule has 0 N–H and O–H groups in total. The minimum absolute atomic E-state index is 0.0146. The summed E-state index contributed by atoms with van der Waals surface area (Å²) in [6.07, 6.45) is -0.655. The molecular formula is C50H65FN2O9Si. The second-order valence-corrected chi connectivity index (χ2v) is 22.8. The van der Waals surface area contributed by atoms with Crippen molar-refractivity contribution in [3.8, 4) is 11.5 Å². The van der Waals surface area contributed by atoms with Gasteiger partial charge in [-0.1, -0.05) is 102 Å². The van der Waals surface area contributed by atoms with Crippen LogP contribution in [0.25, 0.3) is 0 Å². The lowest BCUT2D eigenvalue weighted by Crippen LogP contribution is -2.59. The summed E-state index contributed by atoms with van der Waals surface area (Å²) >= 11 is 0. The normalized spacial score (nSPS) is 17.9. The van der Waals surface area contributed by atoms with Crippen LogP contribution >= 0.6 is 0 Å². The van der Waals surface area contributed by atoms with Crippen LogP contribution in [0, 0.1) is 5.82 Å². The summed E-state index contributed by atoms with van der Waals surface area (Å²) in [4.78, 5) is 30.6. The van der Waals surface area contributed by atoms with Gasteiger partial charge < -0.3 is 42.6 Å². The molecule has 2 aliphatic rings. The van der Waals surface area contributed by atoms with Gasteiger partial charge in [-0.3, -0.25) is 4.79 Å². The molecule has 4 aromatic carbocycles. The Morgan fingerprint density at radius 1 is 0.778 bits per heavy atom. The lowest BCUT2D eigenvalue weighted by atomic mass is 9.84. The Balaban J connectivity index is 1.28. The number of methoxy groups -OCH3 is 1. The van der Waals surface area contributed by atoms with E-state index in [4.69, 9.17) is 32.8 Å². The maximum Gasteiger partial charge on any atom is 0.410 e. The quantitative estimate of drug-likeness (QED) is 0.0598. The van der Waals surface area contributed by atoms with Crippen molar-refractivity contribution in [3.05, 3.63) is 125 Å². The maximum absolute atomic E-state index is 14.1. The van der Waals surface area contributed by atoms with Crippen LogP contribution in [0.2, 0.25) is 16.6 Å². The van der Waals surface area contributed by atoms with Crippen LogP contribution in [-0.2, 0) is 48.0 Å². The summed E-state index contributed by atoms with van der Waals surface area (Å²) in [6, 6.07) is 29.9. The van der Waals surface area contributed by atoms with E-state index >= 15 is 0 Å². The van der Waals surface area contributed by atoms with E-state index in [0.717, 1.165) is 22.3 Å². The largest absolute Gasteiger partial charge is 0.491 e. The number of halogens is 1. The fourth-order valence-corrected chi connectivity index (χ4v) is 14.8. The number of piperidine rings is 1. The third-order valence-corrected chi connectivity index (χ3v) is 18.3. The van der Waals surface area contributed by atoms with Gasteiger partial charge in [0.05, 0.1) is 44.3 Å². The maximum atomic E-state index is 14.1. The number of hydrogen-bond donors (Lipinski definition) is 0. The SMILES string of the molecule is COCCCN1C(=O)COc2ccc(COC3CN(C(=O)OCc4ccccc4)CC(O[Si](C(C)C)(C(C)C)C(C)C)C3c3ccc(OCCOCc4cccc(F)c4)cc3)cc21. The van der Waals surface area contributed by atoms with Gasteiger partial charge in [-0.25, -0.2) is 9.18 Å². The average molecular weight is 885 g/mol. The van der Waals surface area contributed by atoms with Crippen molar-refractivity contribution in [2.75, 3.05) is 58.1 Å². The topological polar surface area (TPSA) is 105 Å². The first-order valence-corrected chi connectivity index (χ1v) is 24.4. The van der Waals surface area contributed by atoms with Crippen LogP contribution in [0.4, 0.5) is 14.9 Å². The number of fused-ring (bicyclic) bond motifs is 1. The second-order valence-electron chi connectivity index (χ2n) is 17.4. The van der Waals surface area contributed by atoms with Crippen molar-refractivity contribution < 1.29 is 46.8 Å².